The van der Waals surface area contributed by atoms with E-state index in [1.54, 1.807) is 0 Å². The van der Waals surface area contributed by atoms with Crippen molar-refractivity contribution in [3.05, 3.63) is 5.01 Å². The summed E-state index contributed by atoms with van der Waals surface area (Å²) in [5.41, 5.74) is 0. The summed E-state index contributed by atoms with van der Waals surface area (Å²) in [6, 6.07) is -0.849. The van der Waals surface area contributed by atoms with Crippen molar-refractivity contribution in [3.63, 3.8) is 0 Å². The Bertz CT molecular complexity index is 451. The molecule has 0 radical (unpaired) electrons. The van der Waals surface area contributed by atoms with Crippen LogP contribution in [0.25, 0.3) is 0 Å². The molecule has 1 N–H and O–H groups in total. The van der Waals surface area contributed by atoms with E-state index in [1.165, 1.54) is 16.7 Å². The Balaban J connectivity index is 2.24. The Labute approximate surface area is 108 Å². The molecule has 1 aliphatic heterocycles. The van der Waals surface area contributed by atoms with Crippen LogP contribution >= 0.6 is 23.1 Å². The Hall–Kier alpha value is -1.03. The fourth-order valence-electron chi connectivity index (χ4n) is 1.48. The van der Waals surface area contributed by atoms with Gasteiger partial charge < -0.3 is 10.0 Å². The monoisotopic (exact) mass is 299 g/mol. The Morgan fingerprint density at radius 2 is 2.17 bits per heavy atom. The highest BCUT2D eigenvalue weighted by Crippen LogP contribution is 2.35. The molecule has 1 fully saturated rings. The molecular weight excluding hydrogens is 291 g/mol. The molecule has 0 spiro atoms. The van der Waals surface area contributed by atoms with Crippen LogP contribution in [0.4, 0.5) is 18.3 Å². The fourth-order valence-corrected chi connectivity index (χ4v) is 3.31. The van der Waals surface area contributed by atoms with Crippen molar-refractivity contribution in [2.75, 3.05) is 23.0 Å². The van der Waals surface area contributed by atoms with E-state index in [0.29, 0.717) is 29.4 Å². The van der Waals surface area contributed by atoms with Crippen LogP contribution in [0.1, 0.15) is 5.01 Å². The molecule has 100 valence electrons. The maximum absolute atomic E-state index is 12.4. The number of nitrogens with zero attached hydrogens (tertiary/aromatic N) is 3. The first-order valence-corrected chi connectivity index (χ1v) is 6.84. The third-order valence-corrected chi connectivity index (χ3v) is 4.34. The number of aliphatic carboxylic acids is 1. The van der Waals surface area contributed by atoms with Gasteiger partial charge in [-0.25, -0.2) is 4.79 Å². The molecule has 1 unspecified atom stereocenters. The number of thioether (sulfide) groups is 1. The number of carbonyl (C=O) groups is 1. The van der Waals surface area contributed by atoms with Gasteiger partial charge in [0.25, 0.3) is 0 Å². The summed E-state index contributed by atoms with van der Waals surface area (Å²) in [5, 5.41) is 14.5. The van der Waals surface area contributed by atoms with Gasteiger partial charge in [-0.15, -0.1) is 10.2 Å². The molecule has 1 atom stereocenters. The lowest BCUT2D eigenvalue weighted by molar-refractivity contribution is -0.139. The quantitative estimate of drug-likeness (QED) is 0.894. The van der Waals surface area contributed by atoms with Crippen LogP contribution in [-0.4, -0.2) is 45.4 Å². The first-order chi connectivity index (χ1) is 8.39. The standard InChI is InChI=1S/C8H8F3N3O2S2/c9-8(10,11)6-12-13-7(18-6)14-1-2-17-3-4(14)5(15)16/h4H,1-3H2,(H,15,16). The summed E-state index contributed by atoms with van der Waals surface area (Å²) >= 11 is 1.83. The second-order valence-electron chi connectivity index (χ2n) is 3.51. The van der Waals surface area contributed by atoms with Crippen molar-refractivity contribution in [2.45, 2.75) is 12.2 Å². The van der Waals surface area contributed by atoms with Crippen molar-refractivity contribution in [1.82, 2.24) is 10.2 Å². The zero-order chi connectivity index (χ0) is 13.3. The third-order valence-electron chi connectivity index (χ3n) is 2.32. The van der Waals surface area contributed by atoms with Gasteiger partial charge >= 0.3 is 12.1 Å². The van der Waals surface area contributed by atoms with Crippen LogP contribution in [0.3, 0.4) is 0 Å². The van der Waals surface area contributed by atoms with Crippen LogP contribution < -0.4 is 4.90 Å². The molecule has 2 heterocycles. The molecule has 10 heteroatoms. The van der Waals surface area contributed by atoms with Gasteiger partial charge in [0, 0.05) is 18.1 Å². The minimum absolute atomic E-state index is 0.00928. The Kier molecular flexibility index (Phi) is 3.66. The topological polar surface area (TPSA) is 66.3 Å². The molecule has 1 aromatic heterocycles. The highest BCUT2D eigenvalue weighted by Gasteiger charge is 2.38. The average molecular weight is 299 g/mol. The lowest BCUT2D eigenvalue weighted by atomic mass is 10.3. The molecule has 0 bridgehead atoms. The van der Waals surface area contributed by atoms with Crippen molar-refractivity contribution in [3.8, 4) is 0 Å². The van der Waals surface area contributed by atoms with Gasteiger partial charge in [0.15, 0.2) is 0 Å². The number of aromatic nitrogens is 2. The number of hydrogen-bond donors (Lipinski definition) is 1. The van der Waals surface area contributed by atoms with Crippen LogP contribution in [0, 0.1) is 0 Å². The minimum atomic E-state index is -4.54. The summed E-state index contributed by atoms with van der Waals surface area (Å²) in [5.74, 6) is -0.0768. The molecule has 5 nitrogen and oxygen atoms in total. The number of alkyl halides is 3. The normalized spacial score (nSPS) is 21.1. The van der Waals surface area contributed by atoms with Crippen molar-refractivity contribution >= 4 is 34.2 Å². The molecular formula is C8H8F3N3O2S2. The summed E-state index contributed by atoms with van der Waals surface area (Å²) < 4.78 is 37.2. The van der Waals surface area contributed by atoms with Gasteiger partial charge in [-0.1, -0.05) is 11.3 Å². The smallest absolute Gasteiger partial charge is 0.445 e. The van der Waals surface area contributed by atoms with E-state index in [1.807, 2.05) is 0 Å². The Morgan fingerprint density at radius 3 is 2.72 bits per heavy atom. The van der Waals surface area contributed by atoms with Crippen molar-refractivity contribution in [1.29, 1.82) is 0 Å². The lowest BCUT2D eigenvalue weighted by Crippen LogP contribution is -2.47. The van der Waals surface area contributed by atoms with E-state index < -0.39 is 23.2 Å². The van der Waals surface area contributed by atoms with Crippen LogP contribution in [-0.2, 0) is 11.0 Å². The molecule has 0 saturated carbocycles. The molecule has 18 heavy (non-hydrogen) atoms. The highest BCUT2D eigenvalue weighted by molar-refractivity contribution is 7.99. The van der Waals surface area contributed by atoms with E-state index in [-0.39, 0.29) is 5.13 Å². The molecule has 2 rings (SSSR count). The zero-order valence-electron chi connectivity index (χ0n) is 8.85. The van der Waals surface area contributed by atoms with Crippen molar-refractivity contribution in [2.24, 2.45) is 0 Å². The van der Waals surface area contributed by atoms with Crippen LogP contribution in [0.2, 0.25) is 0 Å². The number of rotatable bonds is 2. The first-order valence-electron chi connectivity index (χ1n) is 4.87. The fraction of sp³-hybridized carbons (Fsp3) is 0.625. The van der Waals surface area contributed by atoms with E-state index in [9.17, 15) is 18.0 Å². The SMILES string of the molecule is O=C(O)C1CSCCN1c1nnc(C(F)(F)F)s1. The molecule has 0 amide bonds. The average Bonchev–Trinajstić information content (AvgIpc) is 2.77. The summed E-state index contributed by atoms with van der Waals surface area (Å²) in [4.78, 5) is 12.4. The number of halogens is 3. The van der Waals surface area contributed by atoms with E-state index in [4.69, 9.17) is 5.11 Å². The predicted molar refractivity (Wildman–Crippen MR) is 61.0 cm³/mol. The summed E-state index contributed by atoms with van der Waals surface area (Å²) in [6.07, 6.45) is -4.54. The maximum atomic E-state index is 12.4. The summed E-state index contributed by atoms with van der Waals surface area (Å²) in [6.45, 7) is 0.355. The van der Waals surface area contributed by atoms with Crippen LogP contribution in [0.5, 0.6) is 0 Å². The zero-order valence-corrected chi connectivity index (χ0v) is 10.5. The van der Waals surface area contributed by atoms with Gasteiger partial charge in [0.05, 0.1) is 0 Å². The van der Waals surface area contributed by atoms with Gasteiger partial charge in [-0.2, -0.15) is 24.9 Å². The summed E-state index contributed by atoms with van der Waals surface area (Å²) in [7, 11) is 0. The second kappa shape index (κ2) is 4.92. The van der Waals surface area contributed by atoms with E-state index >= 15 is 0 Å². The minimum Gasteiger partial charge on any atom is -0.480 e. The molecule has 1 aromatic rings. The van der Waals surface area contributed by atoms with Gasteiger partial charge in [-0.3, -0.25) is 0 Å². The number of hydrogen-bond acceptors (Lipinski definition) is 6. The molecule has 1 saturated heterocycles. The van der Waals surface area contributed by atoms with Gasteiger partial charge in [0.2, 0.25) is 10.1 Å². The molecule has 1 aliphatic rings. The highest BCUT2D eigenvalue weighted by atomic mass is 32.2. The molecule has 0 aliphatic carbocycles. The van der Waals surface area contributed by atoms with E-state index in [2.05, 4.69) is 10.2 Å². The second-order valence-corrected chi connectivity index (χ2v) is 5.62. The third kappa shape index (κ3) is 2.69. The first kappa shape index (κ1) is 13.4. The van der Waals surface area contributed by atoms with Crippen molar-refractivity contribution < 1.29 is 23.1 Å². The van der Waals surface area contributed by atoms with Gasteiger partial charge in [0.1, 0.15) is 6.04 Å². The lowest BCUT2D eigenvalue weighted by Gasteiger charge is -2.31. The predicted octanol–water partition coefficient (Wildman–Crippen LogP) is 1.56. The number of carboxylic acid groups (broad SMARTS) is 1. The maximum Gasteiger partial charge on any atom is 0.445 e. The van der Waals surface area contributed by atoms with Crippen LogP contribution in [0.15, 0.2) is 0 Å². The number of carboxylic acids is 1. The van der Waals surface area contributed by atoms with Gasteiger partial charge in [-0.05, 0) is 0 Å². The number of anilines is 1. The van der Waals surface area contributed by atoms with E-state index in [0.717, 1.165) is 0 Å². The largest absolute Gasteiger partial charge is 0.480 e. The Morgan fingerprint density at radius 1 is 1.44 bits per heavy atom. The molecule has 0 aromatic carbocycles.